The number of hydrogen-bond acceptors (Lipinski definition) is 5. The molecule has 1 aromatic heterocycles. The SMILES string of the molecule is COc1cc(C)c2nc[nH]c2c1CN1CC[C@]2(CCCO2)C[C@H]1c1ccc(C(=O)O)cc1. The molecule has 7 nitrogen and oxygen atoms in total. The van der Waals surface area contributed by atoms with Gasteiger partial charge in [0.1, 0.15) is 5.75 Å². The molecule has 3 aromatic rings. The monoisotopic (exact) mass is 435 g/mol. The van der Waals surface area contributed by atoms with Crippen LogP contribution in [0, 0.1) is 6.92 Å². The molecule has 2 aromatic carbocycles. The van der Waals surface area contributed by atoms with Gasteiger partial charge >= 0.3 is 5.97 Å². The van der Waals surface area contributed by atoms with Crippen LogP contribution in [0.3, 0.4) is 0 Å². The lowest BCUT2D eigenvalue weighted by atomic mass is 9.81. The van der Waals surface area contributed by atoms with E-state index in [9.17, 15) is 9.90 Å². The Morgan fingerprint density at radius 1 is 1.34 bits per heavy atom. The van der Waals surface area contributed by atoms with Crippen LogP contribution < -0.4 is 4.74 Å². The zero-order valence-electron chi connectivity index (χ0n) is 18.6. The summed E-state index contributed by atoms with van der Waals surface area (Å²) in [6.45, 7) is 4.48. The number of hydrogen-bond donors (Lipinski definition) is 2. The Morgan fingerprint density at radius 2 is 2.16 bits per heavy atom. The van der Waals surface area contributed by atoms with Crippen molar-refractivity contribution in [1.29, 1.82) is 0 Å². The normalized spacial score (nSPS) is 23.8. The average Bonchev–Trinajstić information content (AvgIpc) is 3.47. The fraction of sp³-hybridized carbons (Fsp3) is 0.440. The van der Waals surface area contributed by atoms with Crippen LogP contribution >= 0.6 is 0 Å². The molecular weight excluding hydrogens is 406 g/mol. The van der Waals surface area contributed by atoms with E-state index < -0.39 is 5.97 Å². The number of benzene rings is 2. The molecule has 0 amide bonds. The van der Waals surface area contributed by atoms with E-state index in [0.29, 0.717) is 12.1 Å². The molecule has 0 saturated carbocycles. The van der Waals surface area contributed by atoms with Gasteiger partial charge < -0.3 is 19.6 Å². The van der Waals surface area contributed by atoms with Gasteiger partial charge in [0.2, 0.25) is 0 Å². The molecule has 5 rings (SSSR count). The number of imidazole rings is 1. The number of carbonyl (C=O) groups is 1. The second-order valence-corrected chi connectivity index (χ2v) is 9.00. The van der Waals surface area contributed by atoms with Crippen molar-refractivity contribution >= 4 is 17.0 Å². The topological polar surface area (TPSA) is 87.7 Å². The lowest BCUT2D eigenvalue weighted by Gasteiger charge is -2.45. The zero-order chi connectivity index (χ0) is 22.3. The van der Waals surface area contributed by atoms with Crippen molar-refractivity contribution < 1.29 is 19.4 Å². The fourth-order valence-corrected chi connectivity index (χ4v) is 5.41. The first-order chi connectivity index (χ1) is 15.5. The Morgan fingerprint density at radius 3 is 2.84 bits per heavy atom. The molecule has 2 N–H and O–H groups in total. The molecule has 2 aliphatic heterocycles. The molecule has 32 heavy (non-hydrogen) atoms. The van der Waals surface area contributed by atoms with Gasteiger partial charge in [-0.05, 0) is 61.9 Å². The van der Waals surface area contributed by atoms with Crippen LogP contribution in [0.1, 0.15) is 58.8 Å². The maximum Gasteiger partial charge on any atom is 0.335 e. The number of ether oxygens (including phenoxy) is 2. The molecule has 3 heterocycles. The largest absolute Gasteiger partial charge is 0.496 e. The van der Waals surface area contributed by atoms with Crippen molar-refractivity contribution in [3.63, 3.8) is 0 Å². The molecule has 168 valence electrons. The molecule has 0 aliphatic carbocycles. The maximum atomic E-state index is 11.3. The second-order valence-electron chi connectivity index (χ2n) is 9.00. The van der Waals surface area contributed by atoms with E-state index in [4.69, 9.17) is 9.47 Å². The van der Waals surface area contributed by atoms with Crippen LogP contribution in [0.2, 0.25) is 0 Å². The number of aromatic nitrogens is 2. The van der Waals surface area contributed by atoms with Crippen LogP contribution in [0.25, 0.3) is 11.0 Å². The van der Waals surface area contributed by atoms with E-state index in [1.54, 1.807) is 25.6 Å². The average molecular weight is 436 g/mol. The number of likely N-dealkylation sites (tertiary alicyclic amines) is 1. The van der Waals surface area contributed by atoms with E-state index >= 15 is 0 Å². The van der Waals surface area contributed by atoms with Crippen LogP contribution in [0.4, 0.5) is 0 Å². The minimum Gasteiger partial charge on any atom is -0.496 e. The summed E-state index contributed by atoms with van der Waals surface area (Å²) >= 11 is 0. The van der Waals surface area contributed by atoms with Crippen molar-refractivity contribution in [3.05, 3.63) is 58.9 Å². The van der Waals surface area contributed by atoms with Gasteiger partial charge in [0.05, 0.1) is 35.6 Å². The Hall–Kier alpha value is -2.90. The highest BCUT2D eigenvalue weighted by molar-refractivity contribution is 5.87. The van der Waals surface area contributed by atoms with Crippen LogP contribution in [0.5, 0.6) is 5.75 Å². The van der Waals surface area contributed by atoms with Gasteiger partial charge in [0.25, 0.3) is 0 Å². The molecule has 7 heteroatoms. The van der Waals surface area contributed by atoms with Gasteiger partial charge in [0, 0.05) is 31.3 Å². The summed E-state index contributed by atoms with van der Waals surface area (Å²) in [6.07, 6.45) is 5.82. The van der Waals surface area contributed by atoms with E-state index in [2.05, 4.69) is 20.9 Å². The summed E-state index contributed by atoms with van der Waals surface area (Å²) in [4.78, 5) is 21.6. The second kappa shape index (κ2) is 8.22. The summed E-state index contributed by atoms with van der Waals surface area (Å²) < 4.78 is 12.0. The standard InChI is InChI=1S/C25H29N3O4/c1-16-12-21(31-2)19(23-22(16)26-15-27-23)14-28-10-9-25(8-3-11-32-25)13-20(28)17-4-6-18(7-5-17)24(29)30/h4-7,12,15,20H,3,8-11,13-14H2,1-2H3,(H,26,27)(H,29,30)/t20-,25+/m0/s1. The number of H-pyrrole nitrogens is 1. The number of nitrogens with zero attached hydrogens (tertiary/aromatic N) is 2. The number of methoxy groups -OCH3 is 1. The Labute approximate surface area is 187 Å². The van der Waals surface area contributed by atoms with E-state index in [1.165, 1.54) is 0 Å². The zero-order valence-corrected chi connectivity index (χ0v) is 18.6. The van der Waals surface area contributed by atoms with E-state index in [1.807, 2.05) is 19.1 Å². The van der Waals surface area contributed by atoms with E-state index in [-0.39, 0.29) is 11.6 Å². The summed E-state index contributed by atoms with van der Waals surface area (Å²) in [5.74, 6) is -0.0460. The highest BCUT2D eigenvalue weighted by atomic mass is 16.5. The van der Waals surface area contributed by atoms with Crippen LogP contribution in [0.15, 0.2) is 36.7 Å². The molecule has 0 radical (unpaired) electrons. The minimum absolute atomic E-state index is 0.0761. The van der Waals surface area contributed by atoms with Crippen LogP contribution in [-0.2, 0) is 11.3 Å². The molecule has 2 saturated heterocycles. The number of aryl methyl sites for hydroxylation is 1. The molecule has 0 bridgehead atoms. The lowest BCUT2D eigenvalue weighted by Crippen LogP contribution is -2.45. The number of carboxylic acid groups (broad SMARTS) is 1. The Balaban J connectivity index is 1.52. The molecular formula is C25H29N3O4. The summed E-state index contributed by atoms with van der Waals surface area (Å²) in [5, 5.41) is 9.31. The van der Waals surface area contributed by atoms with Gasteiger partial charge in [0.15, 0.2) is 0 Å². The van der Waals surface area contributed by atoms with Crippen molar-refractivity contribution in [2.75, 3.05) is 20.3 Å². The fourth-order valence-electron chi connectivity index (χ4n) is 5.41. The highest BCUT2D eigenvalue weighted by Crippen LogP contribution is 2.45. The third kappa shape index (κ3) is 3.65. The smallest absolute Gasteiger partial charge is 0.335 e. The third-order valence-corrected chi connectivity index (χ3v) is 7.13. The van der Waals surface area contributed by atoms with Gasteiger partial charge in [-0.1, -0.05) is 12.1 Å². The van der Waals surface area contributed by atoms with Gasteiger partial charge in [-0.25, -0.2) is 9.78 Å². The summed E-state index contributed by atoms with van der Waals surface area (Å²) in [6, 6.07) is 9.49. The first-order valence-corrected chi connectivity index (χ1v) is 11.2. The van der Waals surface area contributed by atoms with Crippen molar-refractivity contribution in [2.24, 2.45) is 0 Å². The van der Waals surface area contributed by atoms with Crippen LogP contribution in [-0.4, -0.2) is 51.8 Å². The molecule has 2 atom stereocenters. The Bertz CT molecular complexity index is 1130. The predicted molar refractivity (Wildman–Crippen MR) is 121 cm³/mol. The van der Waals surface area contributed by atoms with Gasteiger partial charge in [-0.15, -0.1) is 0 Å². The summed E-state index contributed by atoms with van der Waals surface area (Å²) in [7, 11) is 1.71. The maximum absolute atomic E-state index is 11.3. The molecule has 1 spiro atoms. The molecule has 2 fully saturated rings. The predicted octanol–water partition coefficient (Wildman–Crippen LogP) is 4.46. The van der Waals surface area contributed by atoms with Gasteiger partial charge in [-0.3, -0.25) is 4.90 Å². The van der Waals surface area contributed by atoms with Crippen molar-refractivity contribution in [3.8, 4) is 5.75 Å². The quantitative estimate of drug-likeness (QED) is 0.615. The Kier molecular flexibility index (Phi) is 5.39. The number of aromatic amines is 1. The van der Waals surface area contributed by atoms with Gasteiger partial charge in [-0.2, -0.15) is 0 Å². The lowest BCUT2D eigenvalue weighted by molar-refractivity contribution is -0.0676. The first-order valence-electron chi connectivity index (χ1n) is 11.2. The number of rotatable bonds is 5. The number of aromatic carboxylic acids is 1. The van der Waals surface area contributed by atoms with Crippen molar-refractivity contribution in [2.45, 2.75) is 50.8 Å². The number of piperidine rings is 1. The number of carboxylic acids is 1. The number of fused-ring (bicyclic) bond motifs is 1. The minimum atomic E-state index is -0.904. The van der Waals surface area contributed by atoms with Crippen molar-refractivity contribution in [1.82, 2.24) is 14.9 Å². The third-order valence-electron chi connectivity index (χ3n) is 7.13. The van der Waals surface area contributed by atoms with E-state index in [0.717, 1.165) is 72.3 Å². The number of nitrogens with one attached hydrogen (secondary N) is 1. The highest BCUT2D eigenvalue weighted by Gasteiger charge is 2.43. The molecule has 2 aliphatic rings. The summed E-state index contributed by atoms with van der Waals surface area (Å²) in [5.41, 5.74) is 5.52. The molecule has 0 unspecified atom stereocenters. The first kappa shape index (κ1) is 21.0.